The molecule has 1 aromatic heterocycles. The SMILES string of the molecule is Oc1ccc(-c2nc(C3CCOC3)cs2)cc1. The number of hydrogen-bond acceptors (Lipinski definition) is 4. The number of benzene rings is 1. The largest absolute Gasteiger partial charge is 0.508 e. The van der Waals surface area contributed by atoms with E-state index in [0.717, 1.165) is 35.9 Å². The minimum absolute atomic E-state index is 0.287. The molecule has 3 rings (SSSR count). The van der Waals surface area contributed by atoms with E-state index in [1.165, 1.54) is 0 Å². The van der Waals surface area contributed by atoms with Gasteiger partial charge in [0.05, 0.1) is 12.3 Å². The number of nitrogens with zero attached hydrogens (tertiary/aromatic N) is 1. The lowest BCUT2D eigenvalue weighted by atomic mass is 10.1. The summed E-state index contributed by atoms with van der Waals surface area (Å²) in [6.45, 7) is 1.63. The second-order valence-corrected chi connectivity index (χ2v) is 5.04. The van der Waals surface area contributed by atoms with Crippen molar-refractivity contribution in [2.45, 2.75) is 12.3 Å². The Morgan fingerprint density at radius 2 is 2.12 bits per heavy atom. The highest BCUT2D eigenvalue weighted by Gasteiger charge is 2.20. The van der Waals surface area contributed by atoms with Crippen molar-refractivity contribution in [2.75, 3.05) is 13.2 Å². The molecule has 0 radical (unpaired) electrons. The van der Waals surface area contributed by atoms with E-state index < -0.39 is 0 Å². The average molecular weight is 247 g/mol. The van der Waals surface area contributed by atoms with Crippen molar-refractivity contribution in [3.8, 4) is 16.3 Å². The van der Waals surface area contributed by atoms with Crippen LogP contribution in [0.5, 0.6) is 5.75 Å². The van der Waals surface area contributed by atoms with Gasteiger partial charge in [-0.05, 0) is 30.7 Å². The lowest BCUT2D eigenvalue weighted by molar-refractivity contribution is 0.193. The lowest BCUT2D eigenvalue weighted by Gasteiger charge is -2.01. The number of aromatic hydroxyl groups is 1. The molecule has 1 aliphatic heterocycles. The quantitative estimate of drug-likeness (QED) is 0.887. The van der Waals surface area contributed by atoms with Crippen molar-refractivity contribution in [3.63, 3.8) is 0 Å². The summed E-state index contributed by atoms with van der Waals surface area (Å²) in [7, 11) is 0. The van der Waals surface area contributed by atoms with Crippen LogP contribution >= 0.6 is 11.3 Å². The lowest BCUT2D eigenvalue weighted by Crippen LogP contribution is -1.97. The molecule has 1 atom stereocenters. The molecule has 3 nitrogen and oxygen atoms in total. The highest BCUT2D eigenvalue weighted by molar-refractivity contribution is 7.13. The summed E-state index contributed by atoms with van der Waals surface area (Å²) >= 11 is 1.65. The normalized spacial score (nSPS) is 19.6. The molecule has 1 unspecified atom stereocenters. The van der Waals surface area contributed by atoms with Crippen LogP contribution in [0.25, 0.3) is 10.6 Å². The van der Waals surface area contributed by atoms with Gasteiger partial charge >= 0.3 is 0 Å². The zero-order valence-corrected chi connectivity index (χ0v) is 10.1. The van der Waals surface area contributed by atoms with Gasteiger partial charge in [-0.15, -0.1) is 11.3 Å². The van der Waals surface area contributed by atoms with Gasteiger partial charge in [0.15, 0.2) is 0 Å². The van der Waals surface area contributed by atoms with Crippen LogP contribution in [0.4, 0.5) is 0 Å². The zero-order chi connectivity index (χ0) is 11.7. The number of rotatable bonds is 2. The van der Waals surface area contributed by atoms with Gasteiger partial charge in [-0.2, -0.15) is 0 Å². The van der Waals surface area contributed by atoms with Crippen LogP contribution in [-0.4, -0.2) is 23.3 Å². The first kappa shape index (κ1) is 10.7. The molecule has 0 spiro atoms. The number of hydrogen-bond donors (Lipinski definition) is 1. The molecular weight excluding hydrogens is 234 g/mol. The third-order valence-corrected chi connectivity index (χ3v) is 3.89. The predicted octanol–water partition coefficient (Wildman–Crippen LogP) is 3.02. The van der Waals surface area contributed by atoms with Crippen LogP contribution in [0.15, 0.2) is 29.6 Å². The fraction of sp³-hybridized carbons (Fsp3) is 0.308. The number of aromatic nitrogens is 1. The molecule has 0 amide bonds. The maximum atomic E-state index is 9.25. The Labute approximate surface area is 104 Å². The van der Waals surface area contributed by atoms with Gasteiger partial charge < -0.3 is 9.84 Å². The molecule has 1 fully saturated rings. The highest BCUT2D eigenvalue weighted by atomic mass is 32.1. The van der Waals surface area contributed by atoms with E-state index in [1.54, 1.807) is 23.5 Å². The predicted molar refractivity (Wildman–Crippen MR) is 67.4 cm³/mol. The Hall–Kier alpha value is -1.39. The summed E-state index contributed by atoms with van der Waals surface area (Å²) in [4.78, 5) is 4.65. The van der Waals surface area contributed by atoms with E-state index in [0.29, 0.717) is 5.92 Å². The molecule has 17 heavy (non-hydrogen) atoms. The van der Waals surface area contributed by atoms with Crippen molar-refractivity contribution in [2.24, 2.45) is 0 Å². The van der Waals surface area contributed by atoms with Crippen molar-refractivity contribution >= 4 is 11.3 Å². The van der Waals surface area contributed by atoms with Crippen LogP contribution in [0.1, 0.15) is 18.0 Å². The van der Waals surface area contributed by atoms with Gasteiger partial charge in [-0.25, -0.2) is 4.98 Å². The van der Waals surface area contributed by atoms with Crippen LogP contribution in [-0.2, 0) is 4.74 Å². The molecule has 0 saturated carbocycles. The van der Waals surface area contributed by atoms with Crippen molar-refractivity contribution in [1.29, 1.82) is 0 Å². The van der Waals surface area contributed by atoms with Crippen molar-refractivity contribution in [3.05, 3.63) is 35.3 Å². The van der Waals surface area contributed by atoms with E-state index >= 15 is 0 Å². The van der Waals surface area contributed by atoms with Crippen LogP contribution < -0.4 is 0 Å². The Morgan fingerprint density at radius 1 is 1.29 bits per heavy atom. The smallest absolute Gasteiger partial charge is 0.123 e. The minimum atomic E-state index is 0.287. The number of phenols is 1. The van der Waals surface area contributed by atoms with Gasteiger partial charge in [-0.3, -0.25) is 0 Å². The van der Waals surface area contributed by atoms with E-state index in [-0.39, 0.29) is 5.75 Å². The average Bonchev–Trinajstić information content (AvgIpc) is 3.00. The summed E-state index contributed by atoms with van der Waals surface area (Å²) < 4.78 is 5.37. The molecule has 2 aromatic rings. The first-order valence-electron chi connectivity index (χ1n) is 5.65. The van der Waals surface area contributed by atoms with E-state index in [4.69, 9.17) is 4.74 Å². The Bertz CT molecular complexity index is 500. The molecule has 1 aliphatic rings. The number of phenolic OH excluding ortho intramolecular Hbond substituents is 1. The molecule has 1 saturated heterocycles. The molecule has 4 heteroatoms. The molecule has 0 aliphatic carbocycles. The molecule has 2 heterocycles. The minimum Gasteiger partial charge on any atom is -0.508 e. The highest BCUT2D eigenvalue weighted by Crippen LogP contribution is 2.31. The summed E-state index contributed by atoms with van der Waals surface area (Å²) in [5.74, 6) is 0.742. The third kappa shape index (κ3) is 2.18. The Balaban J connectivity index is 1.86. The summed E-state index contributed by atoms with van der Waals surface area (Å²) in [6.07, 6.45) is 1.07. The summed E-state index contributed by atoms with van der Waals surface area (Å²) in [5.41, 5.74) is 2.19. The van der Waals surface area contributed by atoms with E-state index in [1.807, 2.05) is 12.1 Å². The Morgan fingerprint density at radius 3 is 2.82 bits per heavy atom. The summed E-state index contributed by atoms with van der Waals surface area (Å²) in [6, 6.07) is 7.16. The third-order valence-electron chi connectivity index (χ3n) is 2.98. The molecule has 88 valence electrons. The van der Waals surface area contributed by atoms with E-state index in [9.17, 15) is 5.11 Å². The standard InChI is InChI=1S/C13H13NO2S/c15-11-3-1-9(2-4-11)13-14-12(8-17-13)10-5-6-16-7-10/h1-4,8,10,15H,5-7H2. The van der Waals surface area contributed by atoms with Crippen molar-refractivity contribution in [1.82, 2.24) is 4.98 Å². The molecule has 1 aromatic carbocycles. The van der Waals surface area contributed by atoms with Gasteiger partial charge in [-0.1, -0.05) is 0 Å². The molecule has 0 bridgehead atoms. The van der Waals surface area contributed by atoms with Crippen molar-refractivity contribution < 1.29 is 9.84 Å². The van der Waals surface area contributed by atoms with Gasteiger partial charge in [0.2, 0.25) is 0 Å². The van der Waals surface area contributed by atoms with Gasteiger partial charge in [0.1, 0.15) is 10.8 Å². The first-order chi connectivity index (χ1) is 8.33. The monoisotopic (exact) mass is 247 g/mol. The zero-order valence-electron chi connectivity index (χ0n) is 9.30. The van der Waals surface area contributed by atoms with Gasteiger partial charge in [0, 0.05) is 23.5 Å². The number of ether oxygens (including phenoxy) is 1. The second kappa shape index (κ2) is 4.47. The van der Waals surface area contributed by atoms with Crippen LogP contribution in [0, 0.1) is 0 Å². The maximum absolute atomic E-state index is 9.25. The first-order valence-corrected chi connectivity index (χ1v) is 6.53. The molecule has 1 N–H and O–H groups in total. The van der Waals surface area contributed by atoms with E-state index in [2.05, 4.69) is 10.4 Å². The van der Waals surface area contributed by atoms with Crippen LogP contribution in [0.2, 0.25) is 0 Å². The molecular formula is C13H13NO2S. The fourth-order valence-electron chi connectivity index (χ4n) is 1.98. The van der Waals surface area contributed by atoms with Gasteiger partial charge in [0.25, 0.3) is 0 Å². The van der Waals surface area contributed by atoms with Crippen LogP contribution in [0.3, 0.4) is 0 Å². The summed E-state index contributed by atoms with van der Waals surface area (Å²) in [5, 5.41) is 12.4. The number of thiazole rings is 1. The Kier molecular flexibility index (Phi) is 2.82. The topological polar surface area (TPSA) is 42.4 Å². The maximum Gasteiger partial charge on any atom is 0.123 e. The fourth-order valence-corrected chi connectivity index (χ4v) is 2.89. The second-order valence-electron chi connectivity index (χ2n) is 4.18.